The molecule has 0 spiro atoms. The zero-order chi connectivity index (χ0) is 35.6. The summed E-state index contributed by atoms with van der Waals surface area (Å²) in [6.07, 6.45) is 0.591. The Morgan fingerprint density at radius 3 is 2.00 bits per heavy atom. The van der Waals surface area contributed by atoms with Crippen LogP contribution in [-0.4, -0.2) is 61.3 Å². The van der Waals surface area contributed by atoms with Crippen molar-refractivity contribution >= 4 is 28.2 Å². The number of thiol groups is 1. The van der Waals surface area contributed by atoms with Gasteiger partial charge < -0.3 is 28.4 Å². The highest BCUT2D eigenvalue weighted by Gasteiger charge is 2.47. The zero-order valence-electron chi connectivity index (χ0n) is 27.6. The van der Waals surface area contributed by atoms with Crippen molar-refractivity contribution in [3.05, 3.63) is 122 Å². The maximum atomic E-state index is 12.8. The van der Waals surface area contributed by atoms with Crippen LogP contribution in [0.4, 0.5) is 5.69 Å². The van der Waals surface area contributed by atoms with Gasteiger partial charge in [-0.05, 0) is 72.0 Å². The summed E-state index contributed by atoms with van der Waals surface area (Å²) in [5.41, 5.74) is 3.18. The van der Waals surface area contributed by atoms with E-state index in [0.717, 1.165) is 28.0 Å². The number of ether oxygens (including phenoxy) is 6. The number of nitro benzene ring substituents is 1. The first kappa shape index (κ1) is 37.4. The lowest BCUT2D eigenvalue weighted by atomic mass is 9.75. The first-order chi connectivity index (χ1) is 23.5. The molecule has 1 aliphatic heterocycles. The third-order valence-corrected chi connectivity index (χ3v) is 8.50. The molecule has 0 saturated carbocycles. The van der Waals surface area contributed by atoms with E-state index in [-0.39, 0.29) is 23.0 Å². The molecule has 0 amide bonds. The van der Waals surface area contributed by atoms with Crippen molar-refractivity contribution in [2.45, 2.75) is 31.0 Å². The quantitative estimate of drug-likeness (QED) is 0.0769. The molecular formula is C35H39ClN2O10S. The number of rotatable bonds is 13. The molecule has 4 aromatic carbocycles. The summed E-state index contributed by atoms with van der Waals surface area (Å²) in [6.45, 7) is 0.406. The highest BCUT2D eigenvalue weighted by Crippen LogP contribution is 2.45. The van der Waals surface area contributed by atoms with E-state index in [1.807, 2.05) is 60.7 Å². The van der Waals surface area contributed by atoms with Gasteiger partial charge in [-0.1, -0.05) is 48.0 Å². The summed E-state index contributed by atoms with van der Waals surface area (Å²) in [5, 5.41) is 17.4. The molecule has 14 heteroatoms. The molecule has 4 aromatic rings. The first-order valence-corrected chi connectivity index (χ1v) is 16.7. The molecule has 0 unspecified atom stereocenters. The van der Waals surface area contributed by atoms with E-state index < -0.39 is 22.6 Å². The third-order valence-electron chi connectivity index (χ3n) is 8.27. The number of methoxy groups -OCH3 is 4. The fraction of sp³-hybridized carbons (Fsp3) is 0.314. The van der Waals surface area contributed by atoms with Gasteiger partial charge in [0.1, 0.15) is 23.9 Å². The van der Waals surface area contributed by atoms with E-state index >= 15 is 0 Å². The van der Waals surface area contributed by atoms with Crippen molar-refractivity contribution in [3.8, 4) is 23.0 Å². The molecule has 49 heavy (non-hydrogen) atoms. The maximum absolute atomic E-state index is 12.8. The summed E-state index contributed by atoms with van der Waals surface area (Å²) < 4.78 is 52.2. The number of benzene rings is 4. The zero-order valence-corrected chi connectivity index (χ0v) is 29.2. The molecule has 5 rings (SSSR count). The van der Waals surface area contributed by atoms with Gasteiger partial charge in [0, 0.05) is 36.8 Å². The van der Waals surface area contributed by atoms with Gasteiger partial charge in [-0.15, -0.1) is 0 Å². The molecule has 0 bridgehead atoms. The van der Waals surface area contributed by atoms with Crippen molar-refractivity contribution in [2.75, 3.05) is 41.7 Å². The minimum atomic E-state index is -2.62. The van der Waals surface area contributed by atoms with Crippen LogP contribution in [0.5, 0.6) is 23.0 Å². The molecule has 12 nitrogen and oxygen atoms in total. The second-order valence-corrected chi connectivity index (χ2v) is 12.1. The van der Waals surface area contributed by atoms with Crippen LogP contribution in [-0.2, 0) is 38.6 Å². The van der Waals surface area contributed by atoms with Gasteiger partial charge >= 0.3 is 5.69 Å². The minimum Gasteiger partial charge on any atom is -0.497 e. The van der Waals surface area contributed by atoms with E-state index in [2.05, 4.69) is 5.14 Å². The van der Waals surface area contributed by atoms with E-state index in [1.54, 1.807) is 46.6 Å². The molecule has 0 aromatic heterocycles. The Kier molecular flexibility index (Phi) is 13.2. The van der Waals surface area contributed by atoms with Crippen molar-refractivity contribution in [3.63, 3.8) is 0 Å². The van der Waals surface area contributed by atoms with Gasteiger partial charge in [-0.3, -0.25) is 10.1 Å². The van der Waals surface area contributed by atoms with Crippen molar-refractivity contribution < 1.29 is 41.8 Å². The van der Waals surface area contributed by atoms with E-state index in [1.165, 1.54) is 0 Å². The normalized spacial score (nSPS) is 15.1. The lowest BCUT2D eigenvalue weighted by Crippen LogP contribution is -2.49. The molecule has 1 heterocycles. The van der Waals surface area contributed by atoms with Gasteiger partial charge in [0.15, 0.2) is 22.9 Å². The Labute approximate surface area is 291 Å². The second kappa shape index (κ2) is 17.3. The summed E-state index contributed by atoms with van der Waals surface area (Å²) >= 11 is 6.27. The third kappa shape index (κ3) is 9.19. The van der Waals surface area contributed by atoms with Crippen LogP contribution >= 0.6 is 11.6 Å². The van der Waals surface area contributed by atoms with Crippen LogP contribution < -0.4 is 24.1 Å². The van der Waals surface area contributed by atoms with Crippen molar-refractivity contribution in [1.29, 1.82) is 0 Å². The predicted molar refractivity (Wildman–Crippen MR) is 186 cm³/mol. The van der Waals surface area contributed by atoms with Gasteiger partial charge in [-0.25, -0.2) is 13.6 Å². The van der Waals surface area contributed by atoms with Crippen LogP contribution in [0.3, 0.4) is 0 Å². The van der Waals surface area contributed by atoms with Gasteiger partial charge in [0.2, 0.25) is 0 Å². The predicted octanol–water partition coefficient (Wildman–Crippen LogP) is 5.64. The SMILES string of the molecule is COc1ccc(Cc2ccc(OC[C@@]3(C(OC)OC)CCOc4cc(Cl)ccc43)c([N+](=O)[O-])c2Cc2ccc(OC)cc2)cc1.N[SH](=O)=O. The largest absolute Gasteiger partial charge is 0.497 e. The molecule has 1 aliphatic rings. The number of nitrogens with two attached hydrogens (primary N) is 1. The van der Waals surface area contributed by atoms with Gasteiger partial charge in [0.05, 0.1) is 31.2 Å². The lowest BCUT2D eigenvalue weighted by molar-refractivity contribution is -0.386. The van der Waals surface area contributed by atoms with E-state index in [9.17, 15) is 10.1 Å². The number of hydrogen-bond donors (Lipinski definition) is 2. The average Bonchev–Trinajstić information content (AvgIpc) is 3.09. The van der Waals surface area contributed by atoms with Crippen LogP contribution in [0, 0.1) is 10.1 Å². The molecule has 2 N–H and O–H groups in total. The smallest absolute Gasteiger partial charge is 0.314 e. The number of halogens is 1. The number of fused-ring (bicyclic) bond motifs is 1. The topological polar surface area (TPSA) is 159 Å². The fourth-order valence-corrected chi connectivity index (χ4v) is 6.13. The van der Waals surface area contributed by atoms with Crippen LogP contribution in [0.25, 0.3) is 0 Å². The maximum Gasteiger partial charge on any atom is 0.314 e. The van der Waals surface area contributed by atoms with Gasteiger partial charge in [-0.2, -0.15) is 0 Å². The van der Waals surface area contributed by atoms with Crippen LogP contribution in [0.2, 0.25) is 5.02 Å². The molecule has 1 atom stereocenters. The van der Waals surface area contributed by atoms with Crippen molar-refractivity contribution in [2.24, 2.45) is 5.14 Å². The monoisotopic (exact) mass is 714 g/mol. The fourth-order valence-electron chi connectivity index (χ4n) is 5.97. The van der Waals surface area contributed by atoms with Crippen molar-refractivity contribution in [1.82, 2.24) is 0 Å². The lowest BCUT2D eigenvalue weighted by Gasteiger charge is -2.42. The molecule has 0 radical (unpaired) electrons. The van der Waals surface area contributed by atoms with Crippen LogP contribution in [0.1, 0.15) is 34.2 Å². The van der Waals surface area contributed by atoms with E-state index in [0.29, 0.717) is 48.0 Å². The summed E-state index contributed by atoms with van der Waals surface area (Å²) in [7, 11) is 3.71. The Morgan fingerprint density at radius 1 is 0.898 bits per heavy atom. The highest BCUT2D eigenvalue weighted by molar-refractivity contribution is 7.69. The molecule has 0 aliphatic carbocycles. The number of nitrogens with zero attached hydrogens (tertiary/aromatic N) is 1. The van der Waals surface area contributed by atoms with Gasteiger partial charge in [0.25, 0.3) is 0 Å². The first-order valence-electron chi connectivity index (χ1n) is 15.1. The molecule has 0 saturated heterocycles. The number of nitro groups is 1. The molecule has 0 fully saturated rings. The summed E-state index contributed by atoms with van der Waals surface area (Å²) in [5.74, 6) is 2.21. The number of hydrogen-bond acceptors (Lipinski definition) is 10. The van der Waals surface area contributed by atoms with E-state index in [4.69, 9.17) is 48.4 Å². The highest BCUT2D eigenvalue weighted by atomic mass is 35.5. The second-order valence-electron chi connectivity index (χ2n) is 11.1. The Bertz CT molecular complexity index is 1790. The summed E-state index contributed by atoms with van der Waals surface area (Å²) in [4.78, 5) is 12.5. The Hall–Kier alpha value is -4.40. The minimum absolute atomic E-state index is 0.0397. The summed E-state index contributed by atoms with van der Waals surface area (Å²) in [6, 6.07) is 24.2. The Balaban J connectivity index is 0.00000128. The molecule has 262 valence electrons. The Morgan fingerprint density at radius 2 is 1.47 bits per heavy atom. The standard InChI is InChI=1S/C35H36ClNO8.H3NO2S/c1-40-27-11-5-23(6-12-27)19-25-9-16-31(33(37(38)39)29(25)20-24-7-13-28(41-2)14-8-24)45-22-35(34(42-3)43-4)17-18-44-32-21-26(36)10-15-30(32)35;1-4(2)3/h5-16,21,34H,17-20,22H2,1-4H3;4H,(H2,1,2,3)/t35-;/m0./s1. The molecular weight excluding hydrogens is 676 g/mol. The average molecular weight is 715 g/mol. The van der Waals surface area contributed by atoms with Crippen LogP contribution in [0.15, 0.2) is 78.9 Å².